The Labute approximate surface area is 118 Å². The van der Waals surface area contributed by atoms with Crippen molar-refractivity contribution in [3.63, 3.8) is 0 Å². The van der Waals surface area contributed by atoms with Gasteiger partial charge in [0.25, 0.3) is 0 Å². The van der Waals surface area contributed by atoms with E-state index >= 15 is 0 Å². The maximum Gasteiger partial charge on any atom is 0.306 e. The van der Waals surface area contributed by atoms with E-state index in [4.69, 9.17) is 4.74 Å². The third-order valence-corrected chi connectivity index (χ3v) is 3.77. The van der Waals surface area contributed by atoms with E-state index < -0.39 is 0 Å². The molecule has 0 aromatic rings. The average molecular weight is 269 g/mol. The van der Waals surface area contributed by atoms with Gasteiger partial charge in [-0.1, -0.05) is 32.6 Å². The monoisotopic (exact) mass is 269 g/mol. The maximum atomic E-state index is 11.8. The summed E-state index contributed by atoms with van der Waals surface area (Å²) < 4.78 is 5.62. The van der Waals surface area contributed by atoms with Crippen molar-refractivity contribution in [2.24, 2.45) is 0 Å². The Balaban J connectivity index is 2.20. The SMILES string of the molecule is CCCCCCCC(=O)OC1CC(C)NC(C)(C)C1. The van der Waals surface area contributed by atoms with Crippen LogP contribution < -0.4 is 5.32 Å². The molecule has 0 saturated carbocycles. The largest absolute Gasteiger partial charge is 0.462 e. The van der Waals surface area contributed by atoms with E-state index in [0.29, 0.717) is 12.5 Å². The second-order valence-electron chi connectivity index (χ2n) is 6.65. The molecular formula is C16H31NO2. The fourth-order valence-corrected chi connectivity index (χ4v) is 3.04. The zero-order valence-electron chi connectivity index (χ0n) is 13.1. The van der Waals surface area contributed by atoms with Crippen molar-refractivity contribution in [2.75, 3.05) is 0 Å². The molecule has 1 heterocycles. The number of esters is 1. The second kappa shape index (κ2) is 7.88. The number of piperidine rings is 1. The van der Waals surface area contributed by atoms with Gasteiger partial charge in [0.1, 0.15) is 6.10 Å². The molecule has 0 spiro atoms. The van der Waals surface area contributed by atoms with Gasteiger partial charge in [0.2, 0.25) is 0 Å². The molecule has 0 bridgehead atoms. The van der Waals surface area contributed by atoms with Crippen LogP contribution in [0.5, 0.6) is 0 Å². The second-order valence-corrected chi connectivity index (χ2v) is 6.65. The van der Waals surface area contributed by atoms with Crippen molar-refractivity contribution >= 4 is 5.97 Å². The molecule has 1 aliphatic heterocycles. The Morgan fingerprint density at radius 3 is 2.58 bits per heavy atom. The van der Waals surface area contributed by atoms with E-state index in [9.17, 15) is 4.79 Å². The summed E-state index contributed by atoms with van der Waals surface area (Å²) in [6, 6.07) is 0.422. The average Bonchev–Trinajstić information content (AvgIpc) is 2.25. The number of carbonyl (C=O) groups excluding carboxylic acids is 1. The van der Waals surface area contributed by atoms with Crippen molar-refractivity contribution in [3.8, 4) is 0 Å². The fraction of sp³-hybridized carbons (Fsp3) is 0.938. The van der Waals surface area contributed by atoms with Crippen LogP contribution in [0, 0.1) is 0 Å². The molecule has 0 aromatic carbocycles. The van der Waals surface area contributed by atoms with Crippen LogP contribution in [-0.4, -0.2) is 23.7 Å². The molecule has 2 unspecified atom stereocenters. The Morgan fingerprint density at radius 2 is 1.95 bits per heavy atom. The normalized spacial score (nSPS) is 26.1. The smallest absolute Gasteiger partial charge is 0.306 e. The van der Waals surface area contributed by atoms with Crippen LogP contribution >= 0.6 is 0 Å². The summed E-state index contributed by atoms with van der Waals surface area (Å²) in [4.78, 5) is 11.8. The molecule has 0 aromatic heterocycles. The van der Waals surface area contributed by atoms with Crippen molar-refractivity contribution in [3.05, 3.63) is 0 Å². The molecule has 1 N–H and O–H groups in total. The summed E-state index contributed by atoms with van der Waals surface area (Å²) in [5.74, 6) is -0.00796. The molecule has 112 valence electrons. The van der Waals surface area contributed by atoms with E-state index in [1.807, 2.05) is 0 Å². The summed E-state index contributed by atoms with van der Waals surface area (Å²) in [5, 5.41) is 3.53. The lowest BCUT2D eigenvalue weighted by Gasteiger charge is -2.39. The molecular weight excluding hydrogens is 238 g/mol. The van der Waals surface area contributed by atoms with E-state index in [2.05, 4.69) is 33.0 Å². The van der Waals surface area contributed by atoms with E-state index in [1.54, 1.807) is 0 Å². The predicted octanol–water partition coefficient (Wildman–Crippen LogP) is 3.81. The van der Waals surface area contributed by atoms with Gasteiger partial charge < -0.3 is 10.1 Å². The lowest BCUT2D eigenvalue weighted by molar-refractivity contribution is -0.152. The number of carbonyl (C=O) groups is 1. The first kappa shape index (κ1) is 16.5. The van der Waals surface area contributed by atoms with Gasteiger partial charge in [-0.05, 0) is 33.6 Å². The number of nitrogens with one attached hydrogen (secondary N) is 1. The third-order valence-electron chi connectivity index (χ3n) is 3.77. The fourth-order valence-electron chi connectivity index (χ4n) is 3.04. The number of rotatable bonds is 7. The maximum absolute atomic E-state index is 11.8. The molecule has 0 radical (unpaired) electrons. The summed E-state index contributed by atoms with van der Waals surface area (Å²) in [6.07, 6.45) is 8.41. The van der Waals surface area contributed by atoms with Crippen molar-refractivity contribution in [1.29, 1.82) is 0 Å². The van der Waals surface area contributed by atoms with Gasteiger partial charge >= 0.3 is 5.97 Å². The molecule has 0 amide bonds. The minimum atomic E-state index is -0.00796. The van der Waals surface area contributed by atoms with E-state index in [-0.39, 0.29) is 17.6 Å². The first-order valence-electron chi connectivity index (χ1n) is 7.90. The summed E-state index contributed by atoms with van der Waals surface area (Å²) in [5.41, 5.74) is 0.0732. The van der Waals surface area contributed by atoms with Crippen LogP contribution in [-0.2, 0) is 9.53 Å². The highest BCUT2D eigenvalue weighted by Gasteiger charge is 2.33. The van der Waals surface area contributed by atoms with Crippen LogP contribution in [0.15, 0.2) is 0 Å². The van der Waals surface area contributed by atoms with Gasteiger partial charge in [-0.3, -0.25) is 4.79 Å². The van der Waals surface area contributed by atoms with Gasteiger partial charge in [0.15, 0.2) is 0 Å². The predicted molar refractivity (Wildman–Crippen MR) is 79.2 cm³/mol. The Bertz CT molecular complexity index is 276. The molecule has 19 heavy (non-hydrogen) atoms. The molecule has 3 nitrogen and oxygen atoms in total. The Kier molecular flexibility index (Phi) is 6.84. The van der Waals surface area contributed by atoms with Gasteiger partial charge in [0, 0.05) is 24.4 Å². The molecule has 1 aliphatic rings. The van der Waals surface area contributed by atoms with Crippen LogP contribution in [0.25, 0.3) is 0 Å². The van der Waals surface area contributed by atoms with Crippen molar-refractivity contribution in [1.82, 2.24) is 5.32 Å². The quantitative estimate of drug-likeness (QED) is 0.564. The zero-order valence-corrected chi connectivity index (χ0v) is 13.1. The van der Waals surface area contributed by atoms with Crippen molar-refractivity contribution in [2.45, 2.75) is 96.7 Å². The van der Waals surface area contributed by atoms with Gasteiger partial charge in [0.05, 0.1) is 0 Å². The molecule has 1 rings (SSSR count). The number of ether oxygens (including phenoxy) is 1. The van der Waals surface area contributed by atoms with Crippen LogP contribution in [0.3, 0.4) is 0 Å². The van der Waals surface area contributed by atoms with Crippen LogP contribution in [0.4, 0.5) is 0 Å². The van der Waals surface area contributed by atoms with Gasteiger partial charge in [-0.25, -0.2) is 0 Å². The van der Waals surface area contributed by atoms with Gasteiger partial charge in [-0.15, -0.1) is 0 Å². The van der Waals surface area contributed by atoms with Crippen LogP contribution in [0.1, 0.15) is 79.1 Å². The first-order chi connectivity index (χ1) is 8.93. The molecule has 1 saturated heterocycles. The molecule has 1 fully saturated rings. The lowest BCUT2D eigenvalue weighted by atomic mass is 9.87. The molecule has 3 heteroatoms. The standard InChI is InChI=1S/C16H31NO2/c1-5-6-7-8-9-10-15(18)19-14-11-13(2)17-16(3,4)12-14/h13-14,17H,5-12H2,1-4H3. The summed E-state index contributed by atoms with van der Waals surface area (Å²) in [7, 11) is 0. The summed E-state index contributed by atoms with van der Waals surface area (Å²) >= 11 is 0. The number of unbranched alkanes of at least 4 members (excludes halogenated alkanes) is 4. The third kappa shape index (κ3) is 6.95. The van der Waals surface area contributed by atoms with Crippen molar-refractivity contribution < 1.29 is 9.53 Å². The Hall–Kier alpha value is -0.570. The lowest BCUT2D eigenvalue weighted by Crippen LogP contribution is -2.53. The minimum absolute atomic E-state index is 0.00796. The summed E-state index contributed by atoms with van der Waals surface area (Å²) in [6.45, 7) is 8.71. The van der Waals surface area contributed by atoms with Gasteiger partial charge in [-0.2, -0.15) is 0 Å². The number of hydrogen-bond donors (Lipinski definition) is 1. The topological polar surface area (TPSA) is 38.3 Å². The van der Waals surface area contributed by atoms with E-state index in [1.165, 1.54) is 19.3 Å². The number of hydrogen-bond acceptors (Lipinski definition) is 3. The Morgan fingerprint density at radius 1 is 1.26 bits per heavy atom. The van der Waals surface area contributed by atoms with Crippen LogP contribution in [0.2, 0.25) is 0 Å². The van der Waals surface area contributed by atoms with E-state index in [0.717, 1.165) is 25.7 Å². The first-order valence-corrected chi connectivity index (χ1v) is 7.90. The highest BCUT2D eigenvalue weighted by molar-refractivity contribution is 5.69. The minimum Gasteiger partial charge on any atom is -0.462 e. The molecule has 0 aliphatic carbocycles. The highest BCUT2D eigenvalue weighted by atomic mass is 16.5. The zero-order chi connectivity index (χ0) is 14.3. The molecule has 2 atom stereocenters. The highest BCUT2D eigenvalue weighted by Crippen LogP contribution is 2.24.